The van der Waals surface area contributed by atoms with Gasteiger partial charge in [0.2, 0.25) is 11.9 Å². The number of aliphatic hydroxyl groups is 2. The van der Waals surface area contributed by atoms with Gasteiger partial charge >= 0.3 is 6.18 Å². The molecule has 0 saturated carbocycles. The van der Waals surface area contributed by atoms with Crippen LogP contribution in [0.5, 0.6) is 0 Å². The molecule has 0 spiro atoms. The van der Waals surface area contributed by atoms with Crippen LogP contribution in [-0.4, -0.2) is 61.5 Å². The van der Waals surface area contributed by atoms with Crippen LogP contribution in [0.3, 0.4) is 0 Å². The fourth-order valence-corrected chi connectivity index (χ4v) is 3.67. The molecule has 198 valence electrons. The first-order valence-corrected chi connectivity index (χ1v) is 11.5. The van der Waals surface area contributed by atoms with Gasteiger partial charge in [0.05, 0.1) is 24.2 Å². The van der Waals surface area contributed by atoms with Crippen LogP contribution in [-0.2, 0) is 23.9 Å². The highest BCUT2D eigenvalue weighted by Crippen LogP contribution is 2.34. The first-order valence-electron chi connectivity index (χ1n) is 11.5. The fourth-order valence-electron chi connectivity index (χ4n) is 3.67. The summed E-state index contributed by atoms with van der Waals surface area (Å²) in [6, 6.07) is 5.32. The number of nitrogens with one attached hydrogen (secondary N) is 2. The SMILES string of the molecule is CC(C)(O)CC(=O)N1CCc2cc(Nc3ncc(C(F)(F)F)c(NCC(F)C(C)(C)O)n3)ccc2C1. The Balaban J connectivity index is 1.75. The fraction of sp³-hybridized carbons (Fsp3) is 0.542. The molecule has 12 heteroatoms. The topological polar surface area (TPSA) is 111 Å². The Morgan fingerprint density at radius 3 is 2.47 bits per heavy atom. The summed E-state index contributed by atoms with van der Waals surface area (Å²) in [5.74, 6) is -0.874. The summed E-state index contributed by atoms with van der Waals surface area (Å²) in [6.45, 7) is 5.88. The third-order valence-corrected chi connectivity index (χ3v) is 5.72. The van der Waals surface area contributed by atoms with Crippen LogP contribution < -0.4 is 10.6 Å². The van der Waals surface area contributed by atoms with Crippen molar-refractivity contribution in [3.8, 4) is 0 Å². The van der Waals surface area contributed by atoms with Gasteiger partial charge in [0.25, 0.3) is 0 Å². The van der Waals surface area contributed by atoms with Crippen molar-refractivity contribution in [1.29, 1.82) is 0 Å². The van der Waals surface area contributed by atoms with Crippen LogP contribution >= 0.6 is 0 Å². The molecule has 1 aromatic heterocycles. The number of aromatic nitrogens is 2. The van der Waals surface area contributed by atoms with Gasteiger partial charge in [-0.15, -0.1) is 0 Å². The maximum Gasteiger partial charge on any atom is 0.421 e. The number of rotatable bonds is 8. The first kappa shape index (κ1) is 27.6. The Kier molecular flexibility index (Phi) is 7.80. The number of nitrogens with zero attached hydrogens (tertiary/aromatic N) is 3. The van der Waals surface area contributed by atoms with E-state index in [2.05, 4.69) is 20.6 Å². The van der Waals surface area contributed by atoms with Gasteiger partial charge in [-0.3, -0.25) is 4.79 Å². The lowest BCUT2D eigenvalue weighted by Crippen LogP contribution is -2.39. The van der Waals surface area contributed by atoms with E-state index < -0.39 is 41.5 Å². The normalized spacial score (nSPS) is 15.3. The molecule has 0 radical (unpaired) electrons. The molecule has 1 unspecified atom stereocenters. The highest BCUT2D eigenvalue weighted by Gasteiger charge is 2.36. The molecule has 36 heavy (non-hydrogen) atoms. The lowest BCUT2D eigenvalue weighted by Gasteiger charge is -2.31. The molecule has 2 aromatic rings. The summed E-state index contributed by atoms with van der Waals surface area (Å²) < 4.78 is 54.3. The first-order chi connectivity index (χ1) is 16.5. The van der Waals surface area contributed by atoms with Crippen molar-refractivity contribution in [2.75, 3.05) is 23.7 Å². The maximum absolute atomic E-state index is 14.1. The maximum atomic E-state index is 14.1. The molecular weight excluding hydrogens is 482 g/mol. The second-order valence-electron chi connectivity index (χ2n) is 10.1. The highest BCUT2D eigenvalue weighted by molar-refractivity contribution is 5.77. The molecule has 0 fully saturated rings. The van der Waals surface area contributed by atoms with Crippen LogP contribution in [0.4, 0.5) is 35.0 Å². The van der Waals surface area contributed by atoms with Crippen molar-refractivity contribution in [3.05, 3.63) is 41.1 Å². The molecule has 0 bridgehead atoms. The monoisotopic (exact) mass is 513 g/mol. The predicted molar refractivity (Wildman–Crippen MR) is 126 cm³/mol. The Morgan fingerprint density at radius 2 is 1.86 bits per heavy atom. The van der Waals surface area contributed by atoms with Crippen molar-refractivity contribution in [2.45, 2.75) is 70.6 Å². The predicted octanol–water partition coefficient (Wildman–Crippen LogP) is 3.81. The minimum Gasteiger partial charge on any atom is -0.390 e. The second kappa shape index (κ2) is 10.2. The number of hydrogen-bond acceptors (Lipinski definition) is 7. The van der Waals surface area contributed by atoms with Crippen LogP contribution in [0.1, 0.15) is 50.8 Å². The van der Waals surface area contributed by atoms with Gasteiger partial charge in [-0.05, 0) is 57.4 Å². The summed E-state index contributed by atoms with van der Waals surface area (Å²) >= 11 is 0. The molecule has 2 heterocycles. The third kappa shape index (κ3) is 7.26. The van der Waals surface area contributed by atoms with Gasteiger partial charge in [0, 0.05) is 25.0 Å². The second-order valence-corrected chi connectivity index (χ2v) is 10.1. The summed E-state index contributed by atoms with van der Waals surface area (Å²) in [6.07, 6.45) is -5.40. The molecule has 8 nitrogen and oxygen atoms in total. The van der Waals surface area contributed by atoms with Crippen LogP contribution in [0, 0.1) is 0 Å². The van der Waals surface area contributed by atoms with Crippen molar-refractivity contribution in [3.63, 3.8) is 0 Å². The van der Waals surface area contributed by atoms with Gasteiger partial charge in [-0.1, -0.05) is 6.07 Å². The molecular formula is C24H31F4N5O3. The molecule has 3 rings (SSSR count). The Bertz CT molecular complexity index is 1100. The summed E-state index contributed by atoms with van der Waals surface area (Å²) in [5.41, 5.74) is -1.57. The lowest BCUT2D eigenvalue weighted by molar-refractivity contribution is -0.137. The van der Waals surface area contributed by atoms with Crippen LogP contribution in [0.15, 0.2) is 24.4 Å². The number of carbonyl (C=O) groups is 1. The zero-order valence-corrected chi connectivity index (χ0v) is 20.6. The minimum absolute atomic E-state index is 0.0164. The zero-order valence-electron chi connectivity index (χ0n) is 20.6. The molecule has 1 amide bonds. The number of hydrogen-bond donors (Lipinski definition) is 4. The van der Waals surface area contributed by atoms with E-state index in [1.807, 2.05) is 12.1 Å². The van der Waals surface area contributed by atoms with Crippen molar-refractivity contribution in [1.82, 2.24) is 14.9 Å². The number of benzene rings is 1. The van der Waals surface area contributed by atoms with E-state index in [1.54, 1.807) is 24.8 Å². The van der Waals surface area contributed by atoms with E-state index in [4.69, 9.17) is 0 Å². The number of fused-ring (bicyclic) bond motifs is 1. The van der Waals surface area contributed by atoms with Crippen LogP contribution in [0.25, 0.3) is 0 Å². The average Bonchev–Trinajstić information content (AvgIpc) is 2.74. The number of carbonyl (C=O) groups excluding carboxylic acids is 1. The Hall–Kier alpha value is -2.99. The molecule has 1 aliphatic heterocycles. The van der Waals surface area contributed by atoms with Gasteiger partial charge in [0.1, 0.15) is 17.6 Å². The molecule has 1 aromatic carbocycles. The molecule has 0 aliphatic carbocycles. The molecule has 0 saturated heterocycles. The van der Waals surface area contributed by atoms with Gasteiger partial charge in [-0.2, -0.15) is 18.2 Å². The number of amides is 1. The molecule has 1 atom stereocenters. The summed E-state index contributed by atoms with van der Waals surface area (Å²) in [7, 11) is 0. The molecule has 1 aliphatic rings. The summed E-state index contributed by atoms with van der Waals surface area (Å²) in [4.78, 5) is 21.8. The number of alkyl halides is 4. The van der Waals surface area contributed by atoms with Crippen LogP contribution in [0.2, 0.25) is 0 Å². The van der Waals surface area contributed by atoms with E-state index in [9.17, 15) is 32.6 Å². The van der Waals surface area contributed by atoms with E-state index >= 15 is 0 Å². The van der Waals surface area contributed by atoms with Gasteiger partial charge < -0.3 is 25.7 Å². The molecule has 4 N–H and O–H groups in total. The average molecular weight is 514 g/mol. The largest absolute Gasteiger partial charge is 0.421 e. The van der Waals surface area contributed by atoms with E-state index in [0.717, 1.165) is 11.1 Å². The lowest BCUT2D eigenvalue weighted by atomic mass is 9.97. The van der Waals surface area contributed by atoms with Crippen molar-refractivity contribution < 1.29 is 32.6 Å². The zero-order chi connectivity index (χ0) is 26.9. The van der Waals surface area contributed by atoms with Gasteiger partial charge in [-0.25, -0.2) is 9.37 Å². The smallest absolute Gasteiger partial charge is 0.390 e. The number of anilines is 3. The van der Waals surface area contributed by atoms with Crippen molar-refractivity contribution >= 4 is 23.4 Å². The third-order valence-electron chi connectivity index (χ3n) is 5.72. The highest BCUT2D eigenvalue weighted by atomic mass is 19.4. The number of halogens is 4. The summed E-state index contributed by atoms with van der Waals surface area (Å²) in [5, 5.41) is 24.8. The van der Waals surface area contributed by atoms with E-state index in [1.165, 1.54) is 13.8 Å². The Labute approximate surface area is 206 Å². The van der Waals surface area contributed by atoms with Gasteiger partial charge in [0.15, 0.2) is 0 Å². The standard InChI is InChI=1S/C24H31F4N5O3/c1-22(2,35)10-19(34)33-8-7-14-9-16(6-5-15(14)13-33)31-21-30-11-17(24(26,27)28)20(32-21)29-12-18(25)23(3,4)36/h5-6,9,11,18,35-36H,7-8,10,12-13H2,1-4H3,(H2,29,30,31,32). The quantitative estimate of drug-likeness (QED) is 0.398. The van der Waals surface area contributed by atoms with Crippen molar-refractivity contribution in [2.24, 2.45) is 0 Å². The van der Waals surface area contributed by atoms with E-state index in [0.29, 0.717) is 31.4 Å². The Morgan fingerprint density at radius 1 is 1.17 bits per heavy atom. The van der Waals surface area contributed by atoms with E-state index in [-0.39, 0.29) is 18.3 Å². The minimum atomic E-state index is -4.76.